The van der Waals surface area contributed by atoms with Gasteiger partial charge in [0, 0.05) is 13.0 Å². The lowest BCUT2D eigenvalue weighted by atomic mass is 10.3. The Morgan fingerprint density at radius 3 is 3.15 bits per heavy atom. The molecule has 1 aromatic heterocycles. The molecule has 0 spiro atoms. The Balaban J connectivity index is 2.19. The standard InChI is InChI=1S/C10H13NOS/c1-2-3-4-10(12)11-7-9-5-6-13-8-9/h2,5-6,8H,1,3-4,7H2,(H,11,12). The maximum absolute atomic E-state index is 11.1. The molecular formula is C10H13NOS. The maximum Gasteiger partial charge on any atom is 0.220 e. The van der Waals surface area contributed by atoms with E-state index in [1.54, 1.807) is 17.4 Å². The average molecular weight is 195 g/mol. The first-order valence-electron chi connectivity index (χ1n) is 4.21. The number of hydrogen-bond acceptors (Lipinski definition) is 2. The van der Waals surface area contributed by atoms with Gasteiger partial charge in [-0.2, -0.15) is 11.3 Å². The van der Waals surface area contributed by atoms with E-state index in [0.29, 0.717) is 13.0 Å². The van der Waals surface area contributed by atoms with E-state index >= 15 is 0 Å². The van der Waals surface area contributed by atoms with Gasteiger partial charge in [0.1, 0.15) is 0 Å². The summed E-state index contributed by atoms with van der Waals surface area (Å²) in [5.41, 5.74) is 1.16. The number of rotatable bonds is 5. The van der Waals surface area contributed by atoms with Crippen LogP contribution < -0.4 is 5.32 Å². The molecule has 0 unspecified atom stereocenters. The molecule has 3 heteroatoms. The molecular weight excluding hydrogens is 182 g/mol. The number of carbonyl (C=O) groups is 1. The van der Waals surface area contributed by atoms with Crippen LogP contribution in [0.2, 0.25) is 0 Å². The Labute approximate surface area is 82.3 Å². The van der Waals surface area contributed by atoms with Gasteiger partial charge in [-0.1, -0.05) is 6.08 Å². The SMILES string of the molecule is C=CCCC(=O)NCc1ccsc1. The summed E-state index contributed by atoms with van der Waals surface area (Å²) in [5, 5.41) is 6.88. The molecule has 13 heavy (non-hydrogen) atoms. The Kier molecular flexibility index (Phi) is 4.26. The van der Waals surface area contributed by atoms with Gasteiger partial charge in [0.05, 0.1) is 0 Å². The monoisotopic (exact) mass is 195 g/mol. The second-order valence-electron chi connectivity index (χ2n) is 2.74. The fourth-order valence-corrected chi connectivity index (χ4v) is 1.58. The molecule has 1 N–H and O–H groups in total. The lowest BCUT2D eigenvalue weighted by molar-refractivity contribution is -0.121. The van der Waals surface area contributed by atoms with Crippen LogP contribution in [0, 0.1) is 0 Å². The fourth-order valence-electron chi connectivity index (χ4n) is 0.915. The van der Waals surface area contributed by atoms with Crippen molar-refractivity contribution in [2.24, 2.45) is 0 Å². The molecule has 1 amide bonds. The minimum absolute atomic E-state index is 0.0890. The minimum atomic E-state index is 0.0890. The largest absolute Gasteiger partial charge is 0.352 e. The molecule has 70 valence electrons. The number of hydrogen-bond donors (Lipinski definition) is 1. The Morgan fingerprint density at radius 2 is 2.54 bits per heavy atom. The van der Waals surface area contributed by atoms with Crippen LogP contribution in [-0.2, 0) is 11.3 Å². The number of amides is 1. The Hall–Kier alpha value is -1.09. The summed E-state index contributed by atoms with van der Waals surface area (Å²) in [6.45, 7) is 4.20. The zero-order valence-electron chi connectivity index (χ0n) is 7.45. The predicted octanol–water partition coefficient (Wildman–Crippen LogP) is 2.33. The summed E-state index contributed by atoms with van der Waals surface area (Å²) in [6, 6.07) is 2.01. The van der Waals surface area contributed by atoms with Crippen LogP contribution in [0.5, 0.6) is 0 Å². The van der Waals surface area contributed by atoms with E-state index in [4.69, 9.17) is 0 Å². The van der Waals surface area contributed by atoms with Crippen LogP contribution in [0.3, 0.4) is 0 Å². The number of carbonyl (C=O) groups excluding carboxylic acids is 1. The smallest absolute Gasteiger partial charge is 0.220 e. The van der Waals surface area contributed by atoms with Gasteiger partial charge in [0.2, 0.25) is 5.91 Å². The van der Waals surface area contributed by atoms with E-state index in [9.17, 15) is 4.79 Å². The molecule has 0 fully saturated rings. The van der Waals surface area contributed by atoms with Crippen molar-refractivity contribution in [2.75, 3.05) is 0 Å². The summed E-state index contributed by atoms with van der Waals surface area (Å²) in [4.78, 5) is 11.1. The Bertz CT molecular complexity index is 266. The van der Waals surface area contributed by atoms with Gasteiger partial charge in [-0.3, -0.25) is 4.79 Å². The van der Waals surface area contributed by atoms with Gasteiger partial charge >= 0.3 is 0 Å². The van der Waals surface area contributed by atoms with Crippen LogP contribution in [0.1, 0.15) is 18.4 Å². The summed E-state index contributed by atoms with van der Waals surface area (Å²) >= 11 is 1.64. The second-order valence-corrected chi connectivity index (χ2v) is 3.52. The van der Waals surface area contributed by atoms with Gasteiger partial charge in [0.25, 0.3) is 0 Å². The third-order valence-electron chi connectivity index (χ3n) is 1.65. The summed E-state index contributed by atoms with van der Waals surface area (Å²) in [5.74, 6) is 0.0890. The third kappa shape index (κ3) is 3.90. The molecule has 0 aromatic carbocycles. The highest BCUT2D eigenvalue weighted by Crippen LogP contribution is 2.05. The summed E-state index contributed by atoms with van der Waals surface area (Å²) in [7, 11) is 0. The quantitative estimate of drug-likeness (QED) is 0.718. The molecule has 1 heterocycles. The first kappa shape index (κ1) is 9.99. The van der Waals surface area contributed by atoms with Crippen molar-refractivity contribution in [3.05, 3.63) is 35.0 Å². The van der Waals surface area contributed by atoms with Crippen LogP contribution in [-0.4, -0.2) is 5.91 Å². The number of nitrogens with one attached hydrogen (secondary N) is 1. The number of allylic oxidation sites excluding steroid dienone is 1. The van der Waals surface area contributed by atoms with E-state index < -0.39 is 0 Å². The zero-order valence-corrected chi connectivity index (χ0v) is 8.27. The molecule has 1 rings (SSSR count). The highest BCUT2D eigenvalue weighted by molar-refractivity contribution is 7.07. The molecule has 0 aliphatic heterocycles. The van der Waals surface area contributed by atoms with Crippen LogP contribution in [0.15, 0.2) is 29.5 Å². The zero-order chi connectivity index (χ0) is 9.52. The van der Waals surface area contributed by atoms with Crippen molar-refractivity contribution in [1.29, 1.82) is 0 Å². The van der Waals surface area contributed by atoms with Crippen LogP contribution in [0.25, 0.3) is 0 Å². The predicted molar refractivity (Wildman–Crippen MR) is 55.6 cm³/mol. The normalized spacial score (nSPS) is 9.54. The van der Waals surface area contributed by atoms with Gasteiger partial charge in [-0.25, -0.2) is 0 Å². The van der Waals surface area contributed by atoms with Gasteiger partial charge in [-0.05, 0) is 28.8 Å². The van der Waals surface area contributed by atoms with E-state index in [1.807, 2.05) is 16.8 Å². The molecule has 0 radical (unpaired) electrons. The fraction of sp³-hybridized carbons (Fsp3) is 0.300. The highest BCUT2D eigenvalue weighted by Gasteiger charge is 1.99. The summed E-state index contributed by atoms with van der Waals surface area (Å²) < 4.78 is 0. The third-order valence-corrected chi connectivity index (χ3v) is 2.38. The second kappa shape index (κ2) is 5.54. The molecule has 2 nitrogen and oxygen atoms in total. The van der Waals surface area contributed by atoms with Crippen molar-refractivity contribution in [2.45, 2.75) is 19.4 Å². The van der Waals surface area contributed by atoms with Gasteiger partial charge in [0.15, 0.2) is 0 Å². The lowest BCUT2D eigenvalue weighted by Gasteiger charge is -2.01. The van der Waals surface area contributed by atoms with Crippen LogP contribution in [0.4, 0.5) is 0 Å². The first-order valence-corrected chi connectivity index (χ1v) is 5.16. The van der Waals surface area contributed by atoms with E-state index in [0.717, 1.165) is 12.0 Å². The molecule has 0 saturated carbocycles. The molecule has 0 aliphatic rings. The summed E-state index contributed by atoms with van der Waals surface area (Å²) in [6.07, 6.45) is 3.03. The highest BCUT2D eigenvalue weighted by atomic mass is 32.1. The lowest BCUT2D eigenvalue weighted by Crippen LogP contribution is -2.21. The Morgan fingerprint density at radius 1 is 1.69 bits per heavy atom. The van der Waals surface area contributed by atoms with Crippen molar-refractivity contribution >= 4 is 17.2 Å². The molecule has 0 atom stereocenters. The van der Waals surface area contributed by atoms with Gasteiger partial charge in [-0.15, -0.1) is 6.58 Å². The van der Waals surface area contributed by atoms with E-state index in [-0.39, 0.29) is 5.91 Å². The maximum atomic E-state index is 11.1. The first-order chi connectivity index (χ1) is 6.33. The topological polar surface area (TPSA) is 29.1 Å². The van der Waals surface area contributed by atoms with Crippen molar-refractivity contribution in [3.8, 4) is 0 Å². The van der Waals surface area contributed by atoms with Crippen molar-refractivity contribution in [1.82, 2.24) is 5.32 Å². The van der Waals surface area contributed by atoms with Crippen molar-refractivity contribution < 1.29 is 4.79 Å². The van der Waals surface area contributed by atoms with E-state index in [1.165, 1.54) is 0 Å². The molecule has 0 saturated heterocycles. The van der Waals surface area contributed by atoms with E-state index in [2.05, 4.69) is 11.9 Å². The average Bonchev–Trinajstić information content (AvgIpc) is 2.64. The minimum Gasteiger partial charge on any atom is -0.352 e. The molecule has 0 aliphatic carbocycles. The van der Waals surface area contributed by atoms with Gasteiger partial charge < -0.3 is 5.32 Å². The van der Waals surface area contributed by atoms with Crippen molar-refractivity contribution in [3.63, 3.8) is 0 Å². The molecule has 1 aromatic rings. The van der Waals surface area contributed by atoms with Crippen LogP contribution >= 0.6 is 11.3 Å². The number of thiophene rings is 1. The molecule has 0 bridgehead atoms.